The summed E-state index contributed by atoms with van der Waals surface area (Å²) < 4.78 is 0. The van der Waals surface area contributed by atoms with Crippen LogP contribution in [0.4, 0.5) is 5.69 Å². The molecule has 1 unspecified atom stereocenters. The average molecular weight is 204 g/mol. The van der Waals surface area contributed by atoms with E-state index in [-0.39, 0.29) is 0 Å². The maximum atomic E-state index is 5.31. The van der Waals surface area contributed by atoms with Crippen molar-refractivity contribution in [3.63, 3.8) is 0 Å². The fraction of sp³-hybridized carbons (Fsp3) is 0.364. The van der Waals surface area contributed by atoms with Crippen LogP contribution in [-0.2, 0) is 0 Å². The van der Waals surface area contributed by atoms with Crippen molar-refractivity contribution in [2.24, 2.45) is 16.9 Å². The summed E-state index contributed by atoms with van der Waals surface area (Å²) in [6.07, 6.45) is 1.13. The number of benzene rings is 1. The molecule has 0 aromatic heterocycles. The number of nitrogens with one attached hydrogen (secondary N) is 2. The van der Waals surface area contributed by atoms with Gasteiger partial charge < -0.3 is 10.9 Å². The van der Waals surface area contributed by atoms with Gasteiger partial charge in [-0.2, -0.15) is 5.10 Å². The van der Waals surface area contributed by atoms with Gasteiger partial charge in [0.15, 0.2) is 0 Å². The van der Waals surface area contributed by atoms with Gasteiger partial charge in [-0.3, -0.25) is 5.84 Å². The third-order valence-corrected chi connectivity index (χ3v) is 2.70. The number of anilines is 1. The van der Waals surface area contributed by atoms with Crippen molar-refractivity contribution >= 4 is 11.4 Å². The van der Waals surface area contributed by atoms with Gasteiger partial charge in [-0.1, -0.05) is 19.1 Å². The third-order valence-electron chi connectivity index (χ3n) is 2.70. The van der Waals surface area contributed by atoms with E-state index in [0.717, 1.165) is 29.9 Å². The van der Waals surface area contributed by atoms with Crippen LogP contribution in [0.25, 0.3) is 0 Å². The normalized spacial score (nSPS) is 20.4. The Morgan fingerprint density at radius 1 is 1.40 bits per heavy atom. The fourth-order valence-corrected chi connectivity index (χ4v) is 1.76. The first-order valence-corrected chi connectivity index (χ1v) is 5.19. The molecule has 15 heavy (non-hydrogen) atoms. The Labute approximate surface area is 89.5 Å². The van der Waals surface area contributed by atoms with Gasteiger partial charge in [0.2, 0.25) is 0 Å². The second-order valence-electron chi connectivity index (χ2n) is 3.82. The predicted octanol–water partition coefficient (Wildman–Crippen LogP) is 1.31. The molecule has 1 aromatic rings. The molecule has 0 spiro atoms. The Kier molecular flexibility index (Phi) is 2.87. The van der Waals surface area contributed by atoms with Gasteiger partial charge in [0, 0.05) is 18.2 Å². The molecule has 0 aliphatic carbocycles. The van der Waals surface area contributed by atoms with E-state index in [1.54, 1.807) is 0 Å². The first-order chi connectivity index (χ1) is 7.31. The predicted molar refractivity (Wildman–Crippen MR) is 62.6 cm³/mol. The van der Waals surface area contributed by atoms with Crippen LogP contribution in [0, 0.1) is 5.92 Å². The van der Waals surface area contributed by atoms with Crippen LogP contribution >= 0.6 is 0 Å². The third kappa shape index (κ3) is 2.10. The minimum atomic E-state index is 0.517. The molecule has 1 heterocycles. The standard InChI is InChI=1S/C11H16N4/c1-8-6-7-13-15-11(8)9-2-4-10(14-12)5-3-9/h2-5,8,13-14H,6-7,12H2,1H3. The van der Waals surface area contributed by atoms with Crippen molar-refractivity contribution in [3.05, 3.63) is 29.8 Å². The molecular formula is C11H16N4. The topological polar surface area (TPSA) is 62.4 Å². The molecule has 0 radical (unpaired) electrons. The van der Waals surface area contributed by atoms with Crippen LogP contribution in [0.3, 0.4) is 0 Å². The molecule has 0 fully saturated rings. The van der Waals surface area contributed by atoms with Crippen molar-refractivity contribution in [1.82, 2.24) is 5.43 Å². The van der Waals surface area contributed by atoms with Gasteiger partial charge in [-0.15, -0.1) is 0 Å². The van der Waals surface area contributed by atoms with Crippen LogP contribution in [0.5, 0.6) is 0 Å². The summed E-state index contributed by atoms with van der Waals surface area (Å²) in [6.45, 7) is 3.17. The van der Waals surface area contributed by atoms with E-state index in [9.17, 15) is 0 Å². The molecule has 0 saturated carbocycles. The van der Waals surface area contributed by atoms with Gasteiger partial charge in [-0.25, -0.2) is 0 Å². The number of nitrogen functional groups attached to an aromatic ring is 1. The Hall–Kier alpha value is -1.55. The van der Waals surface area contributed by atoms with Crippen LogP contribution in [0.1, 0.15) is 18.9 Å². The minimum absolute atomic E-state index is 0.517. The zero-order valence-corrected chi connectivity index (χ0v) is 8.83. The molecule has 2 rings (SSSR count). The Balaban J connectivity index is 2.24. The monoisotopic (exact) mass is 204 g/mol. The fourth-order valence-electron chi connectivity index (χ4n) is 1.76. The van der Waals surface area contributed by atoms with Gasteiger partial charge in [0.05, 0.1) is 5.71 Å². The number of nitrogens with zero attached hydrogens (tertiary/aromatic N) is 1. The molecule has 1 aliphatic heterocycles. The molecule has 0 saturated heterocycles. The van der Waals surface area contributed by atoms with Crippen molar-refractivity contribution in [2.45, 2.75) is 13.3 Å². The van der Waals surface area contributed by atoms with Crippen molar-refractivity contribution in [1.29, 1.82) is 0 Å². The molecule has 4 nitrogen and oxygen atoms in total. The second-order valence-corrected chi connectivity index (χ2v) is 3.82. The van der Waals surface area contributed by atoms with Gasteiger partial charge in [-0.05, 0) is 24.1 Å². The van der Waals surface area contributed by atoms with Gasteiger partial charge in [0.25, 0.3) is 0 Å². The molecular weight excluding hydrogens is 188 g/mol. The summed E-state index contributed by atoms with van der Waals surface area (Å²) in [5, 5.41) is 4.35. The Morgan fingerprint density at radius 3 is 2.73 bits per heavy atom. The summed E-state index contributed by atoms with van der Waals surface area (Å²) >= 11 is 0. The van der Waals surface area contributed by atoms with E-state index in [2.05, 4.69) is 22.9 Å². The van der Waals surface area contributed by atoms with Crippen molar-refractivity contribution in [3.8, 4) is 0 Å². The number of hydrogen-bond acceptors (Lipinski definition) is 4. The number of hydrogen-bond donors (Lipinski definition) is 3. The SMILES string of the molecule is CC1CCNN=C1c1ccc(NN)cc1. The maximum absolute atomic E-state index is 5.31. The maximum Gasteiger partial charge on any atom is 0.0703 e. The van der Waals surface area contributed by atoms with E-state index in [0.29, 0.717) is 5.92 Å². The average Bonchev–Trinajstić information content (AvgIpc) is 2.30. The van der Waals surface area contributed by atoms with E-state index in [4.69, 9.17) is 5.84 Å². The minimum Gasteiger partial charge on any atom is -0.324 e. The van der Waals surface area contributed by atoms with Crippen LogP contribution in [0.2, 0.25) is 0 Å². The Bertz CT molecular complexity index is 355. The number of nitrogens with two attached hydrogens (primary N) is 1. The highest BCUT2D eigenvalue weighted by atomic mass is 15.3. The molecule has 80 valence electrons. The van der Waals surface area contributed by atoms with E-state index in [1.165, 1.54) is 0 Å². The van der Waals surface area contributed by atoms with Crippen molar-refractivity contribution in [2.75, 3.05) is 12.0 Å². The molecule has 1 atom stereocenters. The van der Waals surface area contributed by atoms with E-state index < -0.39 is 0 Å². The summed E-state index contributed by atoms with van der Waals surface area (Å²) in [5.74, 6) is 5.83. The lowest BCUT2D eigenvalue weighted by atomic mass is 9.94. The lowest BCUT2D eigenvalue weighted by Crippen LogP contribution is -2.27. The lowest BCUT2D eigenvalue weighted by molar-refractivity contribution is 0.572. The Morgan fingerprint density at radius 2 is 2.13 bits per heavy atom. The highest BCUT2D eigenvalue weighted by molar-refractivity contribution is 6.02. The second kappa shape index (κ2) is 4.31. The van der Waals surface area contributed by atoms with Gasteiger partial charge >= 0.3 is 0 Å². The zero-order chi connectivity index (χ0) is 10.7. The first-order valence-electron chi connectivity index (χ1n) is 5.19. The highest BCUT2D eigenvalue weighted by Crippen LogP contribution is 2.17. The van der Waals surface area contributed by atoms with Gasteiger partial charge in [0.1, 0.15) is 0 Å². The zero-order valence-electron chi connectivity index (χ0n) is 8.83. The van der Waals surface area contributed by atoms with E-state index in [1.807, 2.05) is 24.3 Å². The summed E-state index contributed by atoms with van der Waals surface area (Å²) in [5.41, 5.74) is 8.86. The number of hydrazine groups is 1. The quantitative estimate of drug-likeness (QED) is 0.502. The highest BCUT2D eigenvalue weighted by Gasteiger charge is 2.16. The summed E-state index contributed by atoms with van der Waals surface area (Å²) in [4.78, 5) is 0. The molecule has 1 aromatic carbocycles. The van der Waals surface area contributed by atoms with Crippen LogP contribution < -0.4 is 16.7 Å². The van der Waals surface area contributed by atoms with E-state index >= 15 is 0 Å². The van der Waals surface area contributed by atoms with Crippen LogP contribution in [0.15, 0.2) is 29.4 Å². The summed E-state index contributed by atoms with van der Waals surface area (Å²) in [7, 11) is 0. The lowest BCUT2D eigenvalue weighted by Gasteiger charge is -2.20. The first kappa shape index (κ1) is 9.98. The molecule has 0 amide bonds. The smallest absolute Gasteiger partial charge is 0.0703 e. The molecule has 4 heteroatoms. The number of hydrazone groups is 1. The van der Waals surface area contributed by atoms with Crippen LogP contribution in [-0.4, -0.2) is 12.3 Å². The molecule has 1 aliphatic rings. The van der Waals surface area contributed by atoms with Crippen molar-refractivity contribution < 1.29 is 0 Å². The molecule has 4 N–H and O–H groups in total. The summed E-state index contributed by atoms with van der Waals surface area (Å²) in [6, 6.07) is 7.99. The molecule has 0 bridgehead atoms. The largest absolute Gasteiger partial charge is 0.324 e. The number of rotatable bonds is 2.